The van der Waals surface area contributed by atoms with Crippen molar-refractivity contribution in [2.24, 2.45) is 11.3 Å². The summed E-state index contributed by atoms with van der Waals surface area (Å²) < 4.78 is 5.39. The smallest absolute Gasteiger partial charge is 0.0791 e. The fraction of sp³-hybridized carbons (Fsp3) is 1.00. The molecule has 2 saturated heterocycles. The summed E-state index contributed by atoms with van der Waals surface area (Å²) in [6, 6.07) is 0. The molecule has 2 fully saturated rings. The molecule has 3 heteroatoms. The van der Waals surface area contributed by atoms with Crippen molar-refractivity contribution >= 4 is 11.8 Å². The van der Waals surface area contributed by atoms with Crippen LogP contribution >= 0.6 is 11.8 Å². The van der Waals surface area contributed by atoms with Crippen LogP contribution in [-0.4, -0.2) is 35.4 Å². The van der Waals surface area contributed by atoms with Gasteiger partial charge in [-0.05, 0) is 42.8 Å². The minimum atomic E-state index is -0.460. The van der Waals surface area contributed by atoms with Crippen LogP contribution in [0.4, 0.5) is 0 Å². The summed E-state index contributed by atoms with van der Waals surface area (Å²) in [5.74, 6) is 2.78. The third-order valence-corrected chi connectivity index (χ3v) is 5.61. The summed E-state index contributed by atoms with van der Waals surface area (Å²) in [4.78, 5) is 0. The lowest BCUT2D eigenvalue weighted by Crippen LogP contribution is -2.51. The molecule has 0 aromatic heterocycles. The first-order chi connectivity index (χ1) is 7.54. The van der Waals surface area contributed by atoms with Gasteiger partial charge in [0.1, 0.15) is 0 Å². The molecular formula is C13H24O2S. The number of hydrogen-bond donors (Lipinski definition) is 1. The maximum atomic E-state index is 10.9. The molecule has 0 aromatic rings. The molecule has 94 valence electrons. The first-order valence-electron chi connectivity index (χ1n) is 6.41. The Labute approximate surface area is 103 Å². The topological polar surface area (TPSA) is 29.5 Å². The molecule has 2 aliphatic heterocycles. The van der Waals surface area contributed by atoms with Crippen molar-refractivity contribution in [3.63, 3.8) is 0 Å². The average Bonchev–Trinajstić information content (AvgIpc) is 2.24. The molecule has 1 unspecified atom stereocenters. The highest BCUT2D eigenvalue weighted by molar-refractivity contribution is 7.99. The van der Waals surface area contributed by atoms with E-state index in [1.807, 2.05) is 11.8 Å². The van der Waals surface area contributed by atoms with E-state index >= 15 is 0 Å². The molecule has 0 radical (unpaired) electrons. The molecule has 16 heavy (non-hydrogen) atoms. The number of thioether (sulfide) groups is 1. The normalized spacial score (nSPS) is 36.2. The van der Waals surface area contributed by atoms with Crippen LogP contribution < -0.4 is 0 Å². The van der Waals surface area contributed by atoms with Crippen LogP contribution in [0.5, 0.6) is 0 Å². The number of ether oxygens (including phenoxy) is 1. The Morgan fingerprint density at radius 1 is 1.31 bits per heavy atom. The largest absolute Gasteiger partial charge is 0.388 e. The van der Waals surface area contributed by atoms with Gasteiger partial charge in [-0.25, -0.2) is 0 Å². The van der Waals surface area contributed by atoms with Crippen LogP contribution in [0.3, 0.4) is 0 Å². The van der Waals surface area contributed by atoms with E-state index in [0.717, 1.165) is 44.6 Å². The lowest BCUT2D eigenvalue weighted by atomic mass is 9.68. The molecule has 2 nitrogen and oxygen atoms in total. The maximum absolute atomic E-state index is 10.9. The first kappa shape index (κ1) is 12.7. The van der Waals surface area contributed by atoms with E-state index in [4.69, 9.17) is 4.74 Å². The van der Waals surface area contributed by atoms with Gasteiger partial charge in [-0.15, -0.1) is 0 Å². The Kier molecular flexibility index (Phi) is 3.87. The zero-order valence-corrected chi connectivity index (χ0v) is 11.3. The lowest BCUT2D eigenvalue weighted by molar-refractivity contribution is -0.0794. The van der Waals surface area contributed by atoms with Gasteiger partial charge in [0.2, 0.25) is 0 Å². The highest BCUT2D eigenvalue weighted by Crippen LogP contribution is 2.46. The van der Waals surface area contributed by atoms with Gasteiger partial charge >= 0.3 is 0 Å². The Bertz CT molecular complexity index is 236. The highest BCUT2D eigenvalue weighted by Gasteiger charge is 2.46. The molecule has 1 N–H and O–H groups in total. The molecule has 0 spiro atoms. The van der Waals surface area contributed by atoms with Gasteiger partial charge in [-0.2, -0.15) is 11.8 Å². The van der Waals surface area contributed by atoms with Gasteiger partial charge in [-0.1, -0.05) is 13.8 Å². The van der Waals surface area contributed by atoms with E-state index < -0.39 is 5.60 Å². The fourth-order valence-corrected chi connectivity index (χ4v) is 4.40. The van der Waals surface area contributed by atoms with E-state index in [0.29, 0.717) is 5.92 Å². The second kappa shape index (κ2) is 4.87. The van der Waals surface area contributed by atoms with E-state index in [1.165, 1.54) is 5.75 Å². The first-order valence-corrected chi connectivity index (χ1v) is 7.57. The van der Waals surface area contributed by atoms with Crippen molar-refractivity contribution in [3.8, 4) is 0 Å². The Morgan fingerprint density at radius 2 is 2.00 bits per heavy atom. The van der Waals surface area contributed by atoms with E-state index in [2.05, 4.69) is 13.8 Å². The van der Waals surface area contributed by atoms with Crippen molar-refractivity contribution in [2.75, 3.05) is 24.7 Å². The monoisotopic (exact) mass is 244 g/mol. The summed E-state index contributed by atoms with van der Waals surface area (Å²) in [6.07, 6.45) is 4.36. The van der Waals surface area contributed by atoms with Gasteiger partial charge in [0, 0.05) is 19.0 Å². The Hall–Kier alpha value is 0.270. The third-order valence-electron chi connectivity index (χ3n) is 4.44. The lowest BCUT2D eigenvalue weighted by Gasteiger charge is -2.48. The van der Waals surface area contributed by atoms with Crippen LogP contribution in [0.25, 0.3) is 0 Å². The van der Waals surface area contributed by atoms with Gasteiger partial charge in [-0.3, -0.25) is 0 Å². The average molecular weight is 244 g/mol. The minimum Gasteiger partial charge on any atom is -0.388 e. The van der Waals surface area contributed by atoms with Gasteiger partial charge in [0.05, 0.1) is 5.60 Å². The zero-order chi connectivity index (χ0) is 11.6. The minimum absolute atomic E-state index is 0.0799. The van der Waals surface area contributed by atoms with Crippen molar-refractivity contribution in [3.05, 3.63) is 0 Å². The van der Waals surface area contributed by atoms with Crippen molar-refractivity contribution in [1.82, 2.24) is 0 Å². The molecule has 1 atom stereocenters. The summed E-state index contributed by atoms with van der Waals surface area (Å²) in [5.41, 5.74) is -0.380. The van der Waals surface area contributed by atoms with Crippen LogP contribution in [0.1, 0.15) is 39.5 Å². The molecule has 2 heterocycles. The summed E-state index contributed by atoms with van der Waals surface area (Å²) >= 11 is 1.91. The van der Waals surface area contributed by atoms with Crippen LogP contribution in [-0.2, 0) is 4.74 Å². The molecule has 0 aromatic carbocycles. The zero-order valence-electron chi connectivity index (χ0n) is 10.5. The standard InChI is InChI=1S/C13H24O2S/c1-12(2)5-8-16-10-13(12,14)9-11-3-6-15-7-4-11/h11,14H,3-10H2,1-2H3. The summed E-state index contributed by atoms with van der Waals surface area (Å²) in [5, 5.41) is 10.9. The molecule has 0 aliphatic carbocycles. The Balaban J connectivity index is 1.99. The summed E-state index contributed by atoms with van der Waals surface area (Å²) in [6.45, 7) is 6.22. The fourth-order valence-electron chi connectivity index (χ4n) is 2.76. The van der Waals surface area contributed by atoms with Crippen molar-refractivity contribution < 1.29 is 9.84 Å². The van der Waals surface area contributed by atoms with Crippen LogP contribution in [0.2, 0.25) is 0 Å². The van der Waals surface area contributed by atoms with Gasteiger partial charge in [0.15, 0.2) is 0 Å². The van der Waals surface area contributed by atoms with Gasteiger partial charge < -0.3 is 9.84 Å². The molecule has 2 rings (SSSR count). The summed E-state index contributed by atoms with van der Waals surface area (Å²) in [7, 11) is 0. The van der Waals surface area contributed by atoms with E-state index in [-0.39, 0.29) is 5.41 Å². The predicted octanol–water partition coefficient (Wildman–Crippen LogP) is 2.70. The molecule has 0 saturated carbocycles. The highest BCUT2D eigenvalue weighted by atomic mass is 32.2. The number of aliphatic hydroxyl groups is 1. The second-order valence-electron chi connectivity index (χ2n) is 5.98. The second-order valence-corrected chi connectivity index (χ2v) is 7.08. The van der Waals surface area contributed by atoms with E-state index in [9.17, 15) is 5.11 Å². The van der Waals surface area contributed by atoms with Crippen molar-refractivity contribution in [2.45, 2.75) is 45.1 Å². The molecular weight excluding hydrogens is 220 g/mol. The quantitative estimate of drug-likeness (QED) is 0.810. The predicted molar refractivity (Wildman–Crippen MR) is 68.8 cm³/mol. The van der Waals surface area contributed by atoms with E-state index in [1.54, 1.807) is 0 Å². The van der Waals surface area contributed by atoms with Crippen LogP contribution in [0.15, 0.2) is 0 Å². The number of hydrogen-bond acceptors (Lipinski definition) is 3. The molecule has 0 bridgehead atoms. The van der Waals surface area contributed by atoms with Crippen LogP contribution in [0, 0.1) is 11.3 Å². The molecule has 2 aliphatic rings. The Morgan fingerprint density at radius 3 is 2.62 bits per heavy atom. The van der Waals surface area contributed by atoms with Crippen molar-refractivity contribution in [1.29, 1.82) is 0 Å². The molecule has 0 amide bonds. The third kappa shape index (κ3) is 2.57. The number of rotatable bonds is 2. The SMILES string of the molecule is CC1(C)CCSCC1(O)CC1CCOCC1. The maximum Gasteiger partial charge on any atom is 0.0791 e. The van der Waals surface area contributed by atoms with Gasteiger partial charge in [0.25, 0.3) is 0 Å².